The summed E-state index contributed by atoms with van der Waals surface area (Å²) >= 11 is 1.38. The van der Waals surface area contributed by atoms with Crippen molar-refractivity contribution in [3.05, 3.63) is 48.0 Å². The first kappa shape index (κ1) is 17.4. The molecule has 0 atom stereocenters. The molecule has 6 heteroatoms. The molecule has 0 bridgehead atoms. The lowest BCUT2D eigenvalue weighted by Gasteiger charge is -2.13. The first-order chi connectivity index (χ1) is 12.1. The SMILES string of the molecule is COc1ccc2nc(SCC(=O)Nc3ccccc3C(C)C)[nH]c2c1. The molecule has 2 aromatic carbocycles. The van der Waals surface area contributed by atoms with Crippen molar-refractivity contribution < 1.29 is 9.53 Å². The summed E-state index contributed by atoms with van der Waals surface area (Å²) in [5.74, 6) is 1.38. The highest BCUT2D eigenvalue weighted by molar-refractivity contribution is 7.99. The number of methoxy groups -OCH3 is 1. The van der Waals surface area contributed by atoms with Gasteiger partial charge >= 0.3 is 0 Å². The van der Waals surface area contributed by atoms with Crippen molar-refractivity contribution in [3.8, 4) is 5.75 Å². The minimum atomic E-state index is -0.0452. The number of imidazole rings is 1. The van der Waals surface area contributed by atoms with Gasteiger partial charge in [-0.2, -0.15) is 0 Å². The Morgan fingerprint density at radius 2 is 2.08 bits per heavy atom. The second kappa shape index (κ2) is 7.61. The number of fused-ring (bicyclic) bond motifs is 1. The molecule has 0 radical (unpaired) electrons. The van der Waals surface area contributed by atoms with Crippen LogP contribution in [0.3, 0.4) is 0 Å². The van der Waals surface area contributed by atoms with E-state index in [0.717, 1.165) is 33.2 Å². The molecule has 0 fully saturated rings. The van der Waals surface area contributed by atoms with E-state index in [4.69, 9.17) is 4.74 Å². The van der Waals surface area contributed by atoms with Crippen molar-refractivity contribution in [2.24, 2.45) is 0 Å². The molecule has 1 aromatic heterocycles. The van der Waals surface area contributed by atoms with Crippen LogP contribution in [0, 0.1) is 0 Å². The lowest BCUT2D eigenvalue weighted by atomic mass is 10.0. The van der Waals surface area contributed by atoms with Gasteiger partial charge in [-0.1, -0.05) is 43.8 Å². The average molecular weight is 355 g/mol. The molecule has 5 nitrogen and oxygen atoms in total. The number of H-pyrrole nitrogens is 1. The van der Waals surface area contributed by atoms with Crippen molar-refractivity contribution in [2.75, 3.05) is 18.2 Å². The number of hydrogen-bond donors (Lipinski definition) is 2. The Bertz CT molecular complexity index is 889. The van der Waals surface area contributed by atoms with Crippen molar-refractivity contribution in [2.45, 2.75) is 24.9 Å². The number of aromatic amines is 1. The second-order valence-corrected chi connectivity index (χ2v) is 6.97. The molecule has 3 aromatic rings. The monoisotopic (exact) mass is 355 g/mol. The Morgan fingerprint density at radius 1 is 1.28 bits per heavy atom. The third-order valence-electron chi connectivity index (χ3n) is 3.86. The highest BCUT2D eigenvalue weighted by atomic mass is 32.2. The maximum Gasteiger partial charge on any atom is 0.234 e. The molecule has 0 aliphatic heterocycles. The zero-order chi connectivity index (χ0) is 17.8. The number of amides is 1. The number of carbonyl (C=O) groups excluding carboxylic acids is 1. The topological polar surface area (TPSA) is 67.0 Å². The van der Waals surface area contributed by atoms with Gasteiger partial charge in [0, 0.05) is 11.8 Å². The van der Waals surface area contributed by atoms with Crippen molar-refractivity contribution >= 4 is 34.4 Å². The van der Waals surface area contributed by atoms with Crippen LogP contribution in [0.1, 0.15) is 25.3 Å². The largest absolute Gasteiger partial charge is 0.497 e. The number of benzene rings is 2. The van der Waals surface area contributed by atoms with Crippen LogP contribution in [0.5, 0.6) is 5.75 Å². The van der Waals surface area contributed by atoms with Crippen molar-refractivity contribution in [1.82, 2.24) is 9.97 Å². The predicted octanol–water partition coefficient (Wildman–Crippen LogP) is 4.43. The number of ether oxygens (including phenoxy) is 1. The van der Waals surface area contributed by atoms with Crippen LogP contribution in [0.15, 0.2) is 47.6 Å². The molecule has 130 valence electrons. The van der Waals surface area contributed by atoms with E-state index in [9.17, 15) is 4.79 Å². The van der Waals surface area contributed by atoms with E-state index in [1.54, 1.807) is 7.11 Å². The van der Waals surface area contributed by atoms with Gasteiger partial charge in [0.15, 0.2) is 5.16 Å². The number of nitrogens with one attached hydrogen (secondary N) is 2. The molecule has 0 aliphatic rings. The van der Waals surface area contributed by atoms with E-state index in [0.29, 0.717) is 11.7 Å². The zero-order valence-corrected chi connectivity index (χ0v) is 15.3. The predicted molar refractivity (Wildman–Crippen MR) is 103 cm³/mol. The minimum absolute atomic E-state index is 0.0452. The Labute approximate surface area is 151 Å². The van der Waals surface area contributed by atoms with Gasteiger partial charge in [-0.3, -0.25) is 4.79 Å². The number of rotatable bonds is 6. The molecule has 3 rings (SSSR count). The molecule has 2 N–H and O–H groups in total. The quantitative estimate of drug-likeness (QED) is 0.642. The van der Waals surface area contributed by atoms with Crippen LogP contribution in [0.2, 0.25) is 0 Å². The molecule has 1 heterocycles. The number of anilines is 1. The van der Waals surface area contributed by atoms with E-state index in [-0.39, 0.29) is 5.91 Å². The van der Waals surface area contributed by atoms with Gasteiger partial charge in [-0.05, 0) is 29.7 Å². The van der Waals surface area contributed by atoms with Gasteiger partial charge in [0.05, 0.1) is 23.9 Å². The van der Waals surface area contributed by atoms with Crippen LogP contribution in [-0.2, 0) is 4.79 Å². The van der Waals surface area contributed by atoms with E-state index in [1.165, 1.54) is 11.8 Å². The third-order valence-corrected chi connectivity index (χ3v) is 4.74. The molecular weight excluding hydrogens is 334 g/mol. The highest BCUT2D eigenvalue weighted by Crippen LogP contribution is 2.25. The van der Waals surface area contributed by atoms with Crippen LogP contribution in [-0.4, -0.2) is 28.7 Å². The summed E-state index contributed by atoms with van der Waals surface area (Å²) in [5, 5.41) is 3.71. The maximum absolute atomic E-state index is 12.3. The summed E-state index contributed by atoms with van der Waals surface area (Å²) in [6, 6.07) is 13.6. The minimum Gasteiger partial charge on any atom is -0.497 e. The summed E-state index contributed by atoms with van der Waals surface area (Å²) < 4.78 is 5.21. The number of hydrogen-bond acceptors (Lipinski definition) is 4. The van der Waals surface area contributed by atoms with Gasteiger partial charge in [0.1, 0.15) is 5.75 Å². The maximum atomic E-state index is 12.3. The van der Waals surface area contributed by atoms with E-state index >= 15 is 0 Å². The smallest absolute Gasteiger partial charge is 0.234 e. The van der Waals surface area contributed by atoms with E-state index in [2.05, 4.69) is 29.1 Å². The molecule has 1 amide bonds. The highest BCUT2D eigenvalue weighted by Gasteiger charge is 2.11. The summed E-state index contributed by atoms with van der Waals surface area (Å²) in [5.41, 5.74) is 3.76. The molecule has 0 unspecified atom stereocenters. The van der Waals surface area contributed by atoms with Gasteiger partial charge in [0.2, 0.25) is 5.91 Å². The zero-order valence-electron chi connectivity index (χ0n) is 14.5. The van der Waals surface area contributed by atoms with Gasteiger partial charge in [0.25, 0.3) is 0 Å². The summed E-state index contributed by atoms with van der Waals surface area (Å²) in [4.78, 5) is 20.0. The van der Waals surface area contributed by atoms with Crippen molar-refractivity contribution in [3.63, 3.8) is 0 Å². The third kappa shape index (κ3) is 4.14. The standard InChI is InChI=1S/C19H21N3O2S/c1-12(2)14-6-4-5-7-15(14)20-18(23)11-25-19-21-16-9-8-13(24-3)10-17(16)22-19/h4-10,12H,11H2,1-3H3,(H,20,23)(H,21,22). The lowest BCUT2D eigenvalue weighted by Crippen LogP contribution is -2.15. The van der Waals surface area contributed by atoms with Gasteiger partial charge in [-0.15, -0.1) is 0 Å². The number of nitrogens with zero attached hydrogens (tertiary/aromatic N) is 1. The van der Waals surface area contributed by atoms with E-state index in [1.807, 2.05) is 42.5 Å². The Morgan fingerprint density at radius 3 is 2.84 bits per heavy atom. The first-order valence-corrected chi connectivity index (χ1v) is 9.10. The number of aromatic nitrogens is 2. The number of thioether (sulfide) groups is 1. The molecule has 0 saturated carbocycles. The summed E-state index contributed by atoms with van der Waals surface area (Å²) in [6.07, 6.45) is 0. The fraction of sp³-hybridized carbons (Fsp3) is 0.263. The summed E-state index contributed by atoms with van der Waals surface area (Å²) in [6.45, 7) is 4.23. The Balaban J connectivity index is 1.65. The van der Waals surface area contributed by atoms with E-state index < -0.39 is 0 Å². The first-order valence-electron chi connectivity index (χ1n) is 8.12. The molecule has 0 saturated heterocycles. The normalized spacial score (nSPS) is 11.0. The van der Waals surface area contributed by atoms with Crippen LogP contribution < -0.4 is 10.1 Å². The number of para-hydroxylation sites is 1. The van der Waals surface area contributed by atoms with Gasteiger partial charge < -0.3 is 15.0 Å². The van der Waals surface area contributed by atoms with Gasteiger partial charge in [-0.25, -0.2) is 4.98 Å². The lowest BCUT2D eigenvalue weighted by molar-refractivity contribution is -0.113. The molecule has 25 heavy (non-hydrogen) atoms. The fourth-order valence-electron chi connectivity index (χ4n) is 2.60. The summed E-state index contributed by atoms with van der Waals surface area (Å²) in [7, 11) is 1.63. The molecule has 0 aliphatic carbocycles. The molecular formula is C19H21N3O2S. The Kier molecular flexibility index (Phi) is 5.28. The van der Waals surface area contributed by atoms with Crippen molar-refractivity contribution in [1.29, 1.82) is 0 Å². The van der Waals surface area contributed by atoms with Crippen LogP contribution in [0.4, 0.5) is 5.69 Å². The fourth-order valence-corrected chi connectivity index (χ4v) is 3.28. The second-order valence-electron chi connectivity index (χ2n) is 6.00. The van der Waals surface area contributed by atoms with Crippen LogP contribution >= 0.6 is 11.8 Å². The Hall–Kier alpha value is -2.47. The van der Waals surface area contributed by atoms with Crippen LogP contribution in [0.25, 0.3) is 11.0 Å². The molecule has 0 spiro atoms. The number of carbonyl (C=O) groups is 1. The average Bonchev–Trinajstić information content (AvgIpc) is 3.02.